The Morgan fingerprint density at radius 3 is 2.55 bits per heavy atom. The molecule has 1 unspecified atom stereocenters. The van der Waals surface area contributed by atoms with E-state index in [-0.39, 0.29) is 16.5 Å². The van der Waals surface area contributed by atoms with Gasteiger partial charge in [-0.25, -0.2) is 13.2 Å². The first kappa shape index (κ1) is 15.7. The summed E-state index contributed by atoms with van der Waals surface area (Å²) in [5.74, 6) is -0.707. The van der Waals surface area contributed by atoms with E-state index in [0.717, 1.165) is 12.8 Å². The maximum absolute atomic E-state index is 12.5. The Labute approximate surface area is 132 Å². The SMILES string of the molecule is CC(C1CC1)N(C)S(=O)(=O)c1ccc(I)c(C(=O)O)c1. The molecule has 2 rings (SSSR count). The molecule has 20 heavy (non-hydrogen) atoms. The summed E-state index contributed by atoms with van der Waals surface area (Å²) in [6.45, 7) is 1.89. The molecule has 1 aromatic rings. The van der Waals surface area contributed by atoms with Gasteiger partial charge in [0.25, 0.3) is 0 Å². The van der Waals surface area contributed by atoms with Crippen molar-refractivity contribution in [2.45, 2.75) is 30.7 Å². The number of carbonyl (C=O) groups is 1. The number of aromatic carboxylic acids is 1. The molecule has 1 aliphatic carbocycles. The number of hydrogen-bond donors (Lipinski definition) is 1. The molecule has 1 saturated carbocycles. The van der Waals surface area contributed by atoms with Crippen LogP contribution in [0.25, 0.3) is 0 Å². The average molecular weight is 409 g/mol. The van der Waals surface area contributed by atoms with Crippen LogP contribution in [0.2, 0.25) is 0 Å². The van der Waals surface area contributed by atoms with E-state index in [1.54, 1.807) is 7.05 Å². The first-order chi connectivity index (χ1) is 9.25. The normalized spacial score (nSPS) is 17.2. The number of hydrogen-bond acceptors (Lipinski definition) is 3. The van der Waals surface area contributed by atoms with Gasteiger partial charge in [0.05, 0.1) is 10.5 Å². The van der Waals surface area contributed by atoms with Gasteiger partial charge in [0.1, 0.15) is 0 Å². The van der Waals surface area contributed by atoms with E-state index in [1.165, 1.54) is 22.5 Å². The summed E-state index contributed by atoms with van der Waals surface area (Å²) < 4.78 is 26.9. The highest BCUT2D eigenvalue weighted by Crippen LogP contribution is 2.36. The molecule has 1 atom stereocenters. The van der Waals surface area contributed by atoms with E-state index in [9.17, 15) is 13.2 Å². The molecule has 0 radical (unpaired) electrons. The maximum atomic E-state index is 12.5. The van der Waals surface area contributed by atoms with Gasteiger partial charge < -0.3 is 5.11 Å². The zero-order chi connectivity index (χ0) is 15.1. The van der Waals surface area contributed by atoms with Crippen molar-refractivity contribution in [3.05, 3.63) is 27.3 Å². The summed E-state index contributed by atoms with van der Waals surface area (Å²) >= 11 is 1.88. The van der Waals surface area contributed by atoms with Crippen molar-refractivity contribution in [1.82, 2.24) is 4.31 Å². The van der Waals surface area contributed by atoms with Gasteiger partial charge in [-0.05, 0) is 66.5 Å². The van der Waals surface area contributed by atoms with Crippen LogP contribution in [0, 0.1) is 9.49 Å². The van der Waals surface area contributed by atoms with Crippen LogP contribution in [-0.4, -0.2) is 36.9 Å². The quantitative estimate of drug-likeness (QED) is 0.759. The van der Waals surface area contributed by atoms with E-state index in [0.29, 0.717) is 9.49 Å². The van der Waals surface area contributed by atoms with Crippen LogP contribution in [0.4, 0.5) is 0 Å². The fourth-order valence-corrected chi connectivity index (χ4v) is 4.10. The van der Waals surface area contributed by atoms with E-state index in [4.69, 9.17) is 5.11 Å². The fourth-order valence-electron chi connectivity index (χ4n) is 2.09. The molecule has 0 spiro atoms. The highest BCUT2D eigenvalue weighted by Gasteiger charge is 2.36. The number of benzene rings is 1. The predicted octanol–water partition coefficient (Wildman–Crippen LogP) is 2.41. The molecule has 0 aromatic heterocycles. The summed E-state index contributed by atoms with van der Waals surface area (Å²) in [7, 11) is -2.10. The number of carboxylic acid groups (broad SMARTS) is 1. The molecule has 0 heterocycles. The monoisotopic (exact) mass is 409 g/mol. The van der Waals surface area contributed by atoms with Crippen molar-refractivity contribution < 1.29 is 18.3 Å². The van der Waals surface area contributed by atoms with Crippen molar-refractivity contribution in [3.63, 3.8) is 0 Å². The van der Waals surface area contributed by atoms with Crippen molar-refractivity contribution >= 4 is 38.6 Å². The van der Waals surface area contributed by atoms with E-state index >= 15 is 0 Å². The summed E-state index contributed by atoms with van der Waals surface area (Å²) in [5.41, 5.74) is 0.0131. The smallest absolute Gasteiger partial charge is 0.336 e. The van der Waals surface area contributed by atoms with E-state index in [2.05, 4.69) is 0 Å². The molecule has 1 fully saturated rings. The van der Waals surface area contributed by atoms with Crippen LogP contribution in [0.1, 0.15) is 30.1 Å². The van der Waals surface area contributed by atoms with Gasteiger partial charge in [-0.15, -0.1) is 0 Å². The van der Waals surface area contributed by atoms with Crippen LogP contribution >= 0.6 is 22.6 Å². The zero-order valence-electron chi connectivity index (χ0n) is 11.2. The Kier molecular flexibility index (Phi) is 4.41. The second-order valence-corrected chi connectivity index (χ2v) is 8.21. The molecule has 0 saturated heterocycles. The summed E-state index contributed by atoms with van der Waals surface area (Å²) in [4.78, 5) is 11.1. The van der Waals surface area contributed by atoms with E-state index < -0.39 is 16.0 Å². The lowest BCUT2D eigenvalue weighted by Gasteiger charge is -2.24. The molecule has 0 bridgehead atoms. The molecule has 7 heteroatoms. The van der Waals surface area contributed by atoms with Crippen LogP contribution < -0.4 is 0 Å². The number of halogens is 1. The summed E-state index contributed by atoms with van der Waals surface area (Å²) in [6, 6.07) is 4.15. The van der Waals surface area contributed by atoms with Crippen molar-refractivity contribution in [2.75, 3.05) is 7.05 Å². The minimum absolute atomic E-state index is 0.0131. The van der Waals surface area contributed by atoms with Crippen molar-refractivity contribution in [3.8, 4) is 0 Å². The second-order valence-electron chi connectivity index (χ2n) is 5.05. The first-order valence-corrected chi connectivity index (χ1v) is 8.78. The lowest BCUT2D eigenvalue weighted by atomic mass is 10.2. The molecular formula is C13H16INO4S. The predicted molar refractivity (Wildman–Crippen MR) is 83.3 cm³/mol. The highest BCUT2D eigenvalue weighted by molar-refractivity contribution is 14.1. The molecule has 110 valence electrons. The molecule has 0 amide bonds. The van der Waals surface area contributed by atoms with Gasteiger partial charge in [-0.2, -0.15) is 4.31 Å². The topological polar surface area (TPSA) is 74.7 Å². The van der Waals surface area contributed by atoms with Gasteiger partial charge in [0, 0.05) is 16.7 Å². The molecule has 0 aliphatic heterocycles. The highest BCUT2D eigenvalue weighted by atomic mass is 127. The van der Waals surface area contributed by atoms with Crippen LogP contribution in [0.15, 0.2) is 23.1 Å². The summed E-state index contributed by atoms with van der Waals surface area (Å²) in [5, 5.41) is 9.09. The number of rotatable bonds is 5. The van der Waals surface area contributed by atoms with Crippen molar-refractivity contribution in [2.24, 2.45) is 5.92 Å². The Morgan fingerprint density at radius 2 is 2.05 bits per heavy atom. The third kappa shape index (κ3) is 2.99. The molecule has 1 aromatic carbocycles. The molecular weight excluding hydrogens is 393 g/mol. The van der Waals surface area contributed by atoms with Crippen LogP contribution in [-0.2, 0) is 10.0 Å². The Morgan fingerprint density at radius 1 is 1.45 bits per heavy atom. The fraction of sp³-hybridized carbons (Fsp3) is 0.462. The third-order valence-electron chi connectivity index (χ3n) is 3.72. The molecule has 5 nitrogen and oxygen atoms in total. The van der Waals surface area contributed by atoms with Crippen molar-refractivity contribution in [1.29, 1.82) is 0 Å². The molecule has 1 N–H and O–H groups in total. The first-order valence-electron chi connectivity index (χ1n) is 6.26. The van der Waals surface area contributed by atoms with E-state index in [1.807, 2.05) is 29.5 Å². The number of nitrogens with zero attached hydrogens (tertiary/aromatic N) is 1. The van der Waals surface area contributed by atoms with Crippen LogP contribution in [0.5, 0.6) is 0 Å². The number of carboxylic acids is 1. The lowest BCUT2D eigenvalue weighted by molar-refractivity contribution is 0.0695. The minimum Gasteiger partial charge on any atom is -0.478 e. The average Bonchev–Trinajstić information content (AvgIpc) is 3.21. The maximum Gasteiger partial charge on any atom is 0.336 e. The minimum atomic E-state index is -3.65. The van der Waals surface area contributed by atoms with Crippen LogP contribution in [0.3, 0.4) is 0 Å². The Hall–Kier alpha value is -0.670. The van der Waals surface area contributed by atoms with Gasteiger partial charge in [0.15, 0.2) is 0 Å². The lowest BCUT2D eigenvalue weighted by Crippen LogP contribution is -2.36. The summed E-state index contributed by atoms with van der Waals surface area (Å²) in [6.07, 6.45) is 2.10. The van der Waals surface area contributed by atoms with Gasteiger partial charge in [0.2, 0.25) is 10.0 Å². The Bertz CT molecular complexity index is 640. The second kappa shape index (κ2) is 5.61. The zero-order valence-corrected chi connectivity index (χ0v) is 14.2. The largest absolute Gasteiger partial charge is 0.478 e. The van der Waals surface area contributed by atoms with Gasteiger partial charge in [-0.1, -0.05) is 0 Å². The van der Waals surface area contributed by atoms with Gasteiger partial charge in [-0.3, -0.25) is 0 Å². The number of sulfonamides is 1. The molecule has 1 aliphatic rings. The third-order valence-corrected chi connectivity index (χ3v) is 6.60. The Balaban J connectivity index is 2.38. The van der Waals surface area contributed by atoms with Gasteiger partial charge >= 0.3 is 5.97 Å². The standard InChI is InChI=1S/C13H16INO4S/c1-8(9-3-4-9)15(2)20(18,19)10-5-6-12(14)11(7-10)13(16)17/h5-9H,3-4H2,1-2H3,(H,16,17).